The zero-order chi connectivity index (χ0) is 13.8. The van der Waals surface area contributed by atoms with E-state index in [0.717, 1.165) is 11.3 Å². The Balaban J connectivity index is 2.42. The van der Waals surface area contributed by atoms with Crippen molar-refractivity contribution in [3.05, 3.63) is 40.8 Å². The average molecular weight is 275 g/mol. The van der Waals surface area contributed by atoms with Crippen LogP contribution in [-0.2, 0) is 0 Å². The summed E-state index contributed by atoms with van der Waals surface area (Å²) < 4.78 is 5.16. The summed E-state index contributed by atoms with van der Waals surface area (Å²) in [5.74, 6) is 0.826. The van der Waals surface area contributed by atoms with Crippen molar-refractivity contribution in [2.75, 3.05) is 12.4 Å². The predicted octanol–water partition coefficient (Wildman–Crippen LogP) is 3.06. The molecule has 0 aliphatic carbocycles. The summed E-state index contributed by atoms with van der Waals surface area (Å²) in [6.07, 6.45) is 1.34. The summed E-state index contributed by atoms with van der Waals surface area (Å²) in [4.78, 5) is 7.93. The van der Waals surface area contributed by atoms with Crippen LogP contribution in [0, 0.1) is 18.3 Å². The van der Waals surface area contributed by atoms with E-state index in [0.29, 0.717) is 17.1 Å². The molecule has 0 radical (unpaired) electrons. The quantitative estimate of drug-likeness (QED) is 0.871. The minimum Gasteiger partial charge on any atom is -0.490 e. The number of anilines is 2. The number of methoxy groups -OCH3 is 1. The second-order valence-electron chi connectivity index (χ2n) is 3.81. The number of halogens is 1. The Morgan fingerprint density at radius 2 is 2.16 bits per heavy atom. The van der Waals surface area contributed by atoms with Crippen LogP contribution in [0.3, 0.4) is 0 Å². The molecular weight excluding hydrogens is 264 g/mol. The summed E-state index contributed by atoms with van der Waals surface area (Å²) in [5, 5.41) is 12.2. The van der Waals surface area contributed by atoms with E-state index < -0.39 is 0 Å². The molecule has 1 aromatic carbocycles. The molecule has 96 valence electrons. The Hall–Kier alpha value is -2.32. The van der Waals surface area contributed by atoms with Gasteiger partial charge in [-0.2, -0.15) is 5.26 Å². The zero-order valence-corrected chi connectivity index (χ0v) is 11.2. The van der Waals surface area contributed by atoms with E-state index in [1.165, 1.54) is 13.4 Å². The maximum atomic E-state index is 8.91. The molecule has 1 heterocycles. The van der Waals surface area contributed by atoms with Crippen molar-refractivity contribution in [1.82, 2.24) is 9.97 Å². The van der Waals surface area contributed by atoms with E-state index in [-0.39, 0.29) is 5.15 Å². The molecule has 6 heteroatoms. The third kappa shape index (κ3) is 2.75. The Morgan fingerprint density at radius 1 is 1.37 bits per heavy atom. The van der Waals surface area contributed by atoms with Gasteiger partial charge in [0.1, 0.15) is 6.33 Å². The molecule has 0 amide bonds. The largest absolute Gasteiger partial charge is 0.490 e. The van der Waals surface area contributed by atoms with Crippen LogP contribution in [0.15, 0.2) is 24.5 Å². The first-order valence-electron chi connectivity index (χ1n) is 5.48. The van der Waals surface area contributed by atoms with Crippen LogP contribution in [0.5, 0.6) is 5.75 Å². The molecule has 1 aromatic heterocycles. The number of ether oxygens (including phenoxy) is 1. The fraction of sp³-hybridized carbons (Fsp3) is 0.154. The summed E-state index contributed by atoms with van der Waals surface area (Å²) in [6.45, 7) is 1.93. The van der Waals surface area contributed by atoms with Crippen molar-refractivity contribution in [2.24, 2.45) is 0 Å². The van der Waals surface area contributed by atoms with Crippen molar-refractivity contribution >= 4 is 23.1 Å². The van der Waals surface area contributed by atoms with E-state index in [2.05, 4.69) is 21.4 Å². The number of aryl methyl sites for hydroxylation is 1. The van der Waals surface area contributed by atoms with Crippen molar-refractivity contribution in [3.8, 4) is 11.8 Å². The molecule has 19 heavy (non-hydrogen) atoms. The molecule has 0 fully saturated rings. The molecule has 0 aliphatic rings. The first-order valence-corrected chi connectivity index (χ1v) is 5.85. The van der Waals surface area contributed by atoms with Gasteiger partial charge in [-0.3, -0.25) is 0 Å². The second-order valence-corrected chi connectivity index (χ2v) is 4.17. The van der Waals surface area contributed by atoms with Crippen LogP contribution in [0.1, 0.15) is 11.1 Å². The summed E-state index contributed by atoms with van der Waals surface area (Å²) >= 11 is 5.93. The second kappa shape index (κ2) is 5.55. The van der Waals surface area contributed by atoms with Gasteiger partial charge >= 0.3 is 0 Å². The summed E-state index contributed by atoms with van der Waals surface area (Å²) in [7, 11) is 1.49. The SMILES string of the molecule is COc1c(Cl)ncnc1Nc1cc(C#N)ccc1C. The lowest BCUT2D eigenvalue weighted by Gasteiger charge is -2.12. The summed E-state index contributed by atoms with van der Waals surface area (Å²) in [6, 6.07) is 7.44. The zero-order valence-electron chi connectivity index (χ0n) is 10.4. The Kier molecular flexibility index (Phi) is 3.83. The molecule has 2 rings (SSSR count). The smallest absolute Gasteiger partial charge is 0.199 e. The number of rotatable bonds is 3. The third-order valence-corrected chi connectivity index (χ3v) is 2.85. The van der Waals surface area contributed by atoms with Gasteiger partial charge in [-0.05, 0) is 24.6 Å². The minimum absolute atomic E-state index is 0.231. The van der Waals surface area contributed by atoms with E-state index in [1.54, 1.807) is 12.1 Å². The van der Waals surface area contributed by atoms with Crippen molar-refractivity contribution in [2.45, 2.75) is 6.92 Å². The van der Waals surface area contributed by atoms with Crippen LogP contribution < -0.4 is 10.1 Å². The van der Waals surface area contributed by atoms with Gasteiger partial charge in [-0.1, -0.05) is 17.7 Å². The van der Waals surface area contributed by atoms with Crippen molar-refractivity contribution in [3.63, 3.8) is 0 Å². The molecule has 0 unspecified atom stereocenters. The number of benzene rings is 1. The molecule has 0 saturated carbocycles. The Morgan fingerprint density at radius 3 is 2.84 bits per heavy atom. The molecule has 0 aliphatic heterocycles. The topological polar surface area (TPSA) is 70.8 Å². The number of nitrogens with one attached hydrogen (secondary N) is 1. The fourth-order valence-corrected chi connectivity index (χ4v) is 1.79. The van der Waals surface area contributed by atoms with Crippen LogP contribution in [-0.4, -0.2) is 17.1 Å². The van der Waals surface area contributed by atoms with Gasteiger partial charge in [-0.15, -0.1) is 0 Å². The standard InChI is InChI=1S/C13H11ClN4O/c1-8-3-4-9(6-15)5-10(8)18-13-11(19-2)12(14)16-7-17-13/h3-5,7H,1-2H3,(H,16,17,18). The van der Waals surface area contributed by atoms with Gasteiger partial charge in [-0.25, -0.2) is 9.97 Å². The number of aromatic nitrogens is 2. The molecule has 0 spiro atoms. The lowest BCUT2D eigenvalue weighted by atomic mass is 10.1. The van der Waals surface area contributed by atoms with Crippen molar-refractivity contribution < 1.29 is 4.74 Å². The molecular formula is C13H11ClN4O. The highest BCUT2D eigenvalue weighted by atomic mass is 35.5. The lowest BCUT2D eigenvalue weighted by molar-refractivity contribution is 0.413. The molecule has 5 nitrogen and oxygen atoms in total. The highest BCUT2D eigenvalue weighted by Gasteiger charge is 2.11. The summed E-state index contributed by atoms with van der Waals surface area (Å²) in [5.41, 5.74) is 2.31. The van der Waals surface area contributed by atoms with Gasteiger partial charge in [0.05, 0.1) is 18.7 Å². The average Bonchev–Trinajstić information content (AvgIpc) is 2.41. The molecule has 0 atom stereocenters. The number of hydrogen-bond donors (Lipinski definition) is 1. The van der Waals surface area contributed by atoms with E-state index in [4.69, 9.17) is 21.6 Å². The minimum atomic E-state index is 0.231. The van der Waals surface area contributed by atoms with Crippen LogP contribution in [0.2, 0.25) is 5.15 Å². The number of nitriles is 1. The molecule has 0 saturated heterocycles. The monoisotopic (exact) mass is 274 g/mol. The third-order valence-electron chi connectivity index (χ3n) is 2.58. The normalized spacial score (nSPS) is 9.79. The van der Waals surface area contributed by atoms with Gasteiger partial charge in [0.25, 0.3) is 0 Å². The first kappa shape index (κ1) is 13.1. The highest BCUT2D eigenvalue weighted by Crippen LogP contribution is 2.31. The highest BCUT2D eigenvalue weighted by molar-refractivity contribution is 6.31. The van der Waals surface area contributed by atoms with Crippen LogP contribution in [0.25, 0.3) is 0 Å². The van der Waals surface area contributed by atoms with Gasteiger partial charge in [0, 0.05) is 5.69 Å². The fourth-order valence-electron chi connectivity index (χ4n) is 1.58. The molecule has 0 bridgehead atoms. The maximum Gasteiger partial charge on any atom is 0.199 e. The van der Waals surface area contributed by atoms with Crippen LogP contribution >= 0.6 is 11.6 Å². The van der Waals surface area contributed by atoms with Gasteiger partial charge in [0.2, 0.25) is 0 Å². The van der Waals surface area contributed by atoms with Crippen LogP contribution in [0.4, 0.5) is 11.5 Å². The first-order chi connectivity index (χ1) is 9.15. The van der Waals surface area contributed by atoms with E-state index in [1.807, 2.05) is 13.0 Å². The van der Waals surface area contributed by atoms with E-state index in [9.17, 15) is 0 Å². The Labute approximate surface area is 115 Å². The number of hydrogen-bond acceptors (Lipinski definition) is 5. The van der Waals surface area contributed by atoms with Gasteiger partial charge in [0.15, 0.2) is 16.7 Å². The van der Waals surface area contributed by atoms with E-state index >= 15 is 0 Å². The van der Waals surface area contributed by atoms with Crippen molar-refractivity contribution in [1.29, 1.82) is 5.26 Å². The molecule has 2 aromatic rings. The predicted molar refractivity (Wildman–Crippen MR) is 72.8 cm³/mol. The molecule has 1 N–H and O–H groups in total. The lowest BCUT2D eigenvalue weighted by Crippen LogP contribution is -2.00. The number of nitrogens with zero attached hydrogens (tertiary/aromatic N) is 3. The Bertz CT molecular complexity index is 652. The maximum absolute atomic E-state index is 8.91. The van der Waals surface area contributed by atoms with Gasteiger partial charge < -0.3 is 10.1 Å².